The summed E-state index contributed by atoms with van der Waals surface area (Å²) in [4.78, 5) is 15.3. The zero-order chi connectivity index (χ0) is 45.1. The van der Waals surface area contributed by atoms with Gasteiger partial charge in [-0.1, -0.05) is 133 Å². The van der Waals surface area contributed by atoms with Crippen molar-refractivity contribution in [3.05, 3.63) is 58.7 Å². The Morgan fingerprint density at radius 2 is 0.730 bits per heavy atom. The van der Waals surface area contributed by atoms with Crippen LogP contribution in [0.3, 0.4) is 0 Å². The number of rotatable bonds is 16. The number of fused-ring (bicyclic) bond motifs is 2. The third-order valence-corrected chi connectivity index (χ3v) is 18.6. The van der Waals surface area contributed by atoms with Crippen molar-refractivity contribution in [1.82, 2.24) is 0 Å². The third kappa shape index (κ3) is 12.1. The Bertz CT molecular complexity index is 1600. The molecule has 2 aromatic carbocycles. The normalized spacial score (nSPS) is 33.6. The molecule has 0 bridgehead atoms. The van der Waals surface area contributed by atoms with Gasteiger partial charge < -0.3 is 9.05 Å². The first-order chi connectivity index (χ1) is 30.1. The number of benzene rings is 2. The average molecular weight is 907 g/mol. The monoisotopic (exact) mass is 907 g/mol. The van der Waals surface area contributed by atoms with E-state index < -0.39 is 17.2 Å². The molecular weight excluding hydrogens is 823 g/mol. The summed E-state index contributed by atoms with van der Waals surface area (Å²) in [5, 5.41) is 0. The van der Waals surface area contributed by atoms with Crippen LogP contribution in [0.2, 0.25) is 0 Å². The predicted molar refractivity (Wildman–Crippen MR) is 259 cm³/mol. The van der Waals surface area contributed by atoms with Crippen LogP contribution in [-0.4, -0.2) is 30.2 Å². The molecule has 0 aromatic heterocycles. The number of carbonyl (C=O) groups is 1. The summed E-state index contributed by atoms with van der Waals surface area (Å²) in [5.74, 6) is 7.02. The van der Waals surface area contributed by atoms with E-state index >= 15 is 4.79 Å². The fraction of sp³-hybridized carbons (Fsp3) is 0.759. The molecule has 5 aliphatic rings. The summed E-state index contributed by atoms with van der Waals surface area (Å²) in [6.45, 7) is 27.9. The molecule has 0 heterocycles. The Labute approximate surface area is 385 Å². The average Bonchev–Trinajstić information content (AvgIpc) is 3.20. The molecule has 0 saturated heterocycles. The molecule has 63 heavy (non-hydrogen) atoms. The summed E-state index contributed by atoms with van der Waals surface area (Å²) < 4.78 is 42.7. The van der Waals surface area contributed by atoms with Gasteiger partial charge in [0.15, 0.2) is 0 Å². The van der Waals surface area contributed by atoms with Crippen molar-refractivity contribution in [2.24, 2.45) is 71.0 Å². The molecule has 0 spiro atoms. The van der Waals surface area contributed by atoms with Gasteiger partial charge in [-0.2, -0.15) is 0 Å². The summed E-state index contributed by atoms with van der Waals surface area (Å²) in [7, 11) is -3.63. The van der Waals surface area contributed by atoms with E-state index in [-0.39, 0.29) is 30.2 Å². The second-order valence-electron chi connectivity index (χ2n) is 22.6. The van der Waals surface area contributed by atoms with Crippen molar-refractivity contribution < 1.29 is 31.9 Å². The quantitative estimate of drug-likeness (QED) is 0.133. The van der Waals surface area contributed by atoms with Crippen LogP contribution in [0, 0.1) is 71.0 Å². The van der Waals surface area contributed by atoms with Crippen LogP contribution in [-0.2, 0) is 24.5 Å². The summed E-state index contributed by atoms with van der Waals surface area (Å²) in [6.07, 6.45) is 14.2. The summed E-state index contributed by atoms with van der Waals surface area (Å²) in [5.41, 5.74) is 3.08. The van der Waals surface area contributed by atoms with Gasteiger partial charge in [-0.25, -0.2) is 0 Å². The molecule has 7 nitrogen and oxygen atoms in total. The minimum atomic E-state index is -1.81. The van der Waals surface area contributed by atoms with Crippen LogP contribution < -0.4 is 9.05 Å². The lowest BCUT2D eigenvalue weighted by atomic mass is 9.75. The second kappa shape index (κ2) is 22.0. The Hall–Kier alpha value is -1.59. The molecule has 4 unspecified atom stereocenters. The second-order valence-corrected chi connectivity index (χ2v) is 24.7. The Balaban J connectivity index is 1.21. The van der Waals surface area contributed by atoms with Crippen molar-refractivity contribution in [3.63, 3.8) is 0 Å². The summed E-state index contributed by atoms with van der Waals surface area (Å²) >= 11 is 0. The van der Waals surface area contributed by atoms with Crippen LogP contribution in [0.1, 0.15) is 187 Å². The number of hydrogen-bond acceptors (Lipinski definition) is 7. The van der Waals surface area contributed by atoms with Gasteiger partial charge in [-0.3, -0.25) is 22.9 Å². The smallest absolute Gasteiger partial charge is 0.397 e. The van der Waals surface area contributed by atoms with Gasteiger partial charge in [0, 0.05) is 0 Å². The minimum absolute atomic E-state index is 0.0403. The van der Waals surface area contributed by atoms with Crippen LogP contribution in [0.25, 0.3) is 0 Å². The molecule has 0 N–H and O–H groups in total. The number of ketones is 1. The van der Waals surface area contributed by atoms with E-state index in [0.29, 0.717) is 100 Å². The van der Waals surface area contributed by atoms with E-state index in [4.69, 9.17) is 27.1 Å². The molecule has 5 aliphatic carbocycles. The molecule has 0 aliphatic heterocycles. The van der Waals surface area contributed by atoms with Crippen LogP contribution in [0.5, 0.6) is 11.5 Å². The zero-order valence-corrected chi connectivity index (χ0v) is 42.9. The van der Waals surface area contributed by atoms with Crippen LogP contribution in [0.15, 0.2) is 36.4 Å². The van der Waals surface area contributed by atoms with Crippen LogP contribution >= 0.6 is 17.2 Å². The molecule has 7 rings (SSSR count). The molecule has 9 heteroatoms. The van der Waals surface area contributed by atoms with E-state index in [2.05, 4.69) is 95.2 Å². The van der Waals surface area contributed by atoms with Crippen LogP contribution in [0.4, 0.5) is 0 Å². The molecule has 4 saturated carbocycles. The first kappa shape index (κ1) is 49.3. The zero-order valence-electron chi connectivity index (χ0n) is 41.1. The van der Waals surface area contributed by atoms with Crippen molar-refractivity contribution in [1.29, 1.82) is 0 Å². The molecule has 14 atom stereocenters. The van der Waals surface area contributed by atoms with Gasteiger partial charge in [0.2, 0.25) is 5.78 Å². The maximum absolute atomic E-state index is 15.3. The highest BCUT2D eigenvalue weighted by molar-refractivity contribution is 7.42. The van der Waals surface area contributed by atoms with E-state index in [1.165, 1.54) is 25.7 Å². The largest absolute Gasteiger partial charge is 0.426 e. The highest BCUT2D eigenvalue weighted by Gasteiger charge is 2.43. The van der Waals surface area contributed by atoms with Gasteiger partial charge in [0.25, 0.3) is 0 Å². The topological polar surface area (TPSA) is 72.5 Å². The fourth-order valence-electron chi connectivity index (χ4n) is 12.1. The Morgan fingerprint density at radius 1 is 0.444 bits per heavy atom. The van der Waals surface area contributed by atoms with Crippen molar-refractivity contribution >= 4 is 23.0 Å². The van der Waals surface area contributed by atoms with Gasteiger partial charge in [-0.15, -0.1) is 0 Å². The standard InChI is InChI=1S/C54H84O7P2/c1-32(2)42-23-19-36(9)27-48(42)58-62(59-49-28-37(10)20-24-43(49)33(3)4)56-46-17-13-15-40-31-41-16-14-18-47(53(41)54(55)52(40)46)57-63(60-50-29-38(11)21-25-44(50)34(5)6)61-51-30-39(12)22-26-45(51)35(7)8/h13-18,32-39,42-45,48-51H,19-31H2,1-12H3/t36-,37-,38-,39-,42+,43?,44+,45?,48-,49-,50-,51-,62?,63?/m1/s1. The third-order valence-electron chi connectivity index (χ3n) is 16.1. The van der Waals surface area contributed by atoms with Crippen molar-refractivity contribution in [3.8, 4) is 11.5 Å². The van der Waals surface area contributed by atoms with Crippen molar-refractivity contribution in [2.75, 3.05) is 0 Å². The predicted octanol–water partition coefficient (Wildman–Crippen LogP) is 15.9. The minimum Gasteiger partial charge on any atom is -0.426 e. The Morgan fingerprint density at radius 3 is 1.00 bits per heavy atom. The number of carbonyl (C=O) groups excluding carboxylic acids is 1. The lowest BCUT2D eigenvalue weighted by Gasteiger charge is -2.41. The van der Waals surface area contributed by atoms with Gasteiger partial charge in [0.1, 0.15) is 11.5 Å². The SMILES string of the molecule is CC(C)C1CC[C@@H](C)C[C@H]1OP(Oc1cccc2c1C(=O)c1c(cccc1OP(O[C@@H]1C[C@H](C)CCC1C(C)C)O[C@@H]1C[C@H](C)CC[C@H]1C(C)C)C2)O[C@@H]1C[C@H](C)CC[C@H]1C(C)C. The first-order valence-corrected chi connectivity index (χ1v) is 27.7. The lowest BCUT2D eigenvalue weighted by Crippen LogP contribution is -2.36. The molecule has 352 valence electrons. The molecule has 0 radical (unpaired) electrons. The highest BCUT2D eigenvalue weighted by Crippen LogP contribution is 2.55. The first-order valence-electron chi connectivity index (χ1n) is 25.5. The van der Waals surface area contributed by atoms with E-state index in [1.54, 1.807) is 0 Å². The van der Waals surface area contributed by atoms with Crippen molar-refractivity contribution in [2.45, 2.75) is 191 Å². The molecule has 0 amide bonds. The van der Waals surface area contributed by atoms with Gasteiger partial charge in [0.05, 0.1) is 35.5 Å². The maximum Gasteiger partial charge on any atom is 0.397 e. The van der Waals surface area contributed by atoms with E-state index in [0.717, 1.165) is 62.5 Å². The number of hydrogen-bond donors (Lipinski definition) is 0. The molecule has 2 aromatic rings. The highest BCUT2D eigenvalue weighted by atomic mass is 31.2. The molecular formula is C54H84O7P2. The van der Waals surface area contributed by atoms with E-state index in [9.17, 15) is 0 Å². The maximum atomic E-state index is 15.3. The lowest BCUT2D eigenvalue weighted by molar-refractivity contribution is -0.00315. The fourth-order valence-corrected chi connectivity index (χ4v) is 14.9. The summed E-state index contributed by atoms with van der Waals surface area (Å²) in [6, 6.07) is 12.1. The van der Waals surface area contributed by atoms with Gasteiger partial charge >= 0.3 is 17.2 Å². The Kier molecular flexibility index (Phi) is 17.2. The van der Waals surface area contributed by atoms with E-state index in [1.807, 2.05) is 24.3 Å². The van der Waals surface area contributed by atoms with Gasteiger partial charge in [-0.05, 0) is 152 Å². The molecule has 4 fully saturated rings.